The van der Waals surface area contributed by atoms with Crippen LogP contribution in [0.4, 0.5) is 0 Å². The van der Waals surface area contributed by atoms with Gasteiger partial charge in [-0.15, -0.1) is 0 Å². The van der Waals surface area contributed by atoms with Crippen molar-refractivity contribution in [2.24, 2.45) is 0 Å². The van der Waals surface area contributed by atoms with E-state index in [1.165, 1.54) is 0 Å². The number of aliphatic hydroxyl groups is 1. The van der Waals surface area contributed by atoms with Gasteiger partial charge in [0, 0.05) is 6.42 Å². The Hall–Kier alpha value is -3.03. The van der Waals surface area contributed by atoms with E-state index in [0.717, 1.165) is 16.7 Å². The van der Waals surface area contributed by atoms with E-state index in [1.807, 2.05) is 91.0 Å². The molecule has 3 aromatic rings. The number of rotatable bonds is 10. The Bertz CT molecular complexity index is 1090. The third-order valence-electron chi connectivity index (χ3n) is 7.03. The molecule has 2 heterocycles. The standard InChI is InChI=1S/C30H33NO5/c32-26-16-17-27(33)31-25(21-34-18-22-10-4-1-5-11-22)29(35-19-23-12-6-2-7-13-23)30(28(26)31)36-20-24-14-8-3-9-15-24/h1-15,25-26,28-30,32H,16-21H2/t25-,26-,28-,29-,30-/m1/s1. The number of piperidine rings is 1. The van der Waals surface area contributed by atoms with Crippen LogP contribution in [0.25, 0.3) is 0 Å². The van der Waals surface area contributed by atoms with Crippen molar-refractivity contribution < 1.29 is 24.1 Å². The molecule has 188 valence electrons. The molecule has 0 aliphatic carbocycles. The topological polar surface area (TPSA) is 68.2 Å². The maximum atomic E-state index is 13.2. The number of hydrogen-bond donors (Lipinski definition) is 1. The van der Waals surface area contributed by atoms with E-state index >= 15 is 0 Å². The van der Waals surface area contributed by atoms with Crippen LogP contribution < -0.4 is 0 Å². The highest BCUT2D eigenvalue weighted by molar-refractivity contribution is 5.78. The van der Waals surface area contributed by atoms with Crippen molar-refractivity contribution in [3.8, 4) is 0 Å². The Kier molecular flexibility index (Phi) is 8.08. The van der Waals surface area contributed by atoms with Crippen molar-refractivity contribution in [3.05, 3.63) is 108 Å². The molecule has 1 N–H and O–H groups in total. The van der Waals surface area contributed by atoms with E-state index < -0.39 is 24.4 Å². The van der Waals surface area contributed by atoms with E-state index in [4.69, 9.17) is 14.2 Å². The summed E-state index contributed by atoms with van der Waals surface area (Å²) in [5, 5.41) is 11.0. The van der Waals surface area contributed by atoms with Gasteiger partial charge in [0.2, 0.25) is 5.91 Å². The van der Waals surface area contributed by atoms with Gasteiger partial charge in [-0.2, -0.15) is 0 Å². The minimum Gasteiger partial charge on any atom is -0.391 e. The van der Waals surface area contributed by atoms with Crippen LogP contribution in [0.1, 0.15) is 29.5 Å². The average molecular weight is 488 g/mol. The molecule has 2 aliphatic heterocycles. The molecule has 2 aliphatic rings. The molecule has 1 amide bonds. The number of ether oxygens (including phenoxy) is 3. The number of amides is 1. The minimum atomic E-state index is -0.676. The smallest absolute Gasteiger partial charge is 0.223 e. The van der Waals surface area contributed by atoms with Crippen molar-refractivity contribution >= 4 is 5.91 Å². The molecule has 5 rings (SSSR count). The fraction of sp³-hybridized carbons (Fsp3) is 0.367. The fourth-order valence-corrected chi connectivity index (χ4v) is 5.26. The van der Waals surface area contributed by atoms with Gasteiger partial charge < -0.3 is 24.2 Å². The van der Waals surface area contributed by atoms with Crippen LogP contribution >= 0.6 is 0 Å². The van der Waals surface area contributed by atoms with Crippen LogP contribution in [-0.4, -0.2) is 52.9 Å². The van der Waals surface area contributed by atoms with Gasteiger partial charge >= 0.3 is 0 Å². The zero-order valence-electron chi connectivity index (χ0n) is 20.3. The molecule has 6 nitrogen and oxygen atoms in total. The van der Waals surface area contributed by atoms with Gasteiger partial charge in [0.05, 0.1) is 44.6 Å². The normalized spacial score (nSPS) is 25.6. The molecule has 0 aromatic heterocycles. The Morgan fingerprint density at radius 3 is 1.78 bits per heavy atom. The zero-order chi connectivity index (χ0) is 24.7. The Balaban J connectivity index is 1.38. The van der Waals surface area contributed by atoms with Crippen molar-refractivity contribution in [2.75, 3.05) is 6.61 Å². The van der Waals surface area contributed by atoms with E-state index in [-0.39, 0.29) is 11.9 Å². The maximum Gasteiger partial charge on any atom is 0.223 e. The van der Waals surface area contributed by atoms with Gasteiger partial charge in [0.1, 0.15) is 12.2 Å². The van der Waals surface area contributed by atoms with Crippen LogP contribution in [0.2, 0.25) is 0 Å². The van der Waals surface area contributed by atoms with Gasteiger partial charge in [-0.05, 0) is 23.1 Å². The average Bonchev–Trinajstić information content (AvgIpc) is 3.24. The summed E-state index contributed by atoms with van der Waals surface area (Å²) in [5.74, 6) is 0.0118. The van der Waals surface area contributed by atoms with Crippen molar-refractivity contribution in [1.29, 1.82) is 0 Å². The SMILES string of the molecule is O=C1CC[C@@H](O)[C@@H]2[C@@H](OCc3ccccc3)[C@H](OCc3ccccc3)[C@@H](COCc3ccccc3)N12. The monoisotopic (exact) mass is 487 g/mol. The highest BCUT2D eigenvalue weighted by atomic mass is 16.5. The van der Waals surface area contributed by atoms with Crippen LogP contribution in [0, 0.1) is 0 Å². The highest BCUT2D eigenvalue weighted by Crippen LogP contribution is 2.37. The molecular weight excluding hydrogens is 454 g/mol. The summed E-state index contributed by atoms with van der Waals surface area (Å²) in [4.78, 5) is 14.9. The van der Waals surface area contributed by atoms with Crippen LogP contribution in [0.3, 0.4) is 0 Å². The van der Waals surface area contributed by atoms with Gasteiger partial charge in [-0.3, -0.25) is 4.79 Å². The molecule has 5 atom stereocenters. The van der Waals surface area contributed by atoms with E-state index in [9.17, 15) is 9.90 Å². The van der Waals surface area contributed by atoms with Crippen LogP contribution in [0.15, 0.2) is 91.0 Å². The lowest BCUT2D eigenvalue weighted by atomic mass is 9.96. The summed E-state index contributed by atoms with van der Waals surface area (Å²) in [5.41, 5.74) is 3.14. The summed E-state index contributed by atoms with van der Waals surface area (Å²) < 4.78 is 19.0. The Labute approximate surface area is 212 Å². The van der Waals surface area contributed by atoms with Gasteiger partial charge in [0.25, 0.3) is 0 Å². The lowest BCUT2D eigenvalue weighted by molar-refractivity contribution is -0.147. The summed E-state index contributed by atoms with van der Waals surface area (Å²) >= 11 is 0. The molecule has 6 heteroatoms. The van der Waals surface area contributed by atoms with Gasteiger partial charge in [0.15, 0.2) is 0 Å². The van der Waals surface area contributed by atoms with Crippen LogP contribution in [-0.2, 0) is 38.8 Å². The van der Waals surface area contributed by atoms with Gasteiger partial charge in [-0.25, -0.2) is 0 Å². The third-order valence-corrected chi connectivity index (χ3v) is 7.03. The molecule has 2 fully saturated rings. The third kappa shape index (κ3) is 5.68. The number of fused-ring (bicyclic) bond motifs is 1. The number of benzene rings is 3. The first-order chi connectivity index (χ1) is 17.7. The second-order valence-electron chi connectivity index (χ2n) is 9.49. The maximum absolute atomic E-state index is 13.2. The molecule has 0 spiro atoms. The first-order valence-corrected chi connectivity index (χ1v) is 12.6. The molecule has 3 aromatic carbocycles. The van der Waals surface area contributed by atoms with Gasteiger partial charge in [-0.1, -0.05) is 91.0 Å². The molecule has 36 heavy (non-hydrogen) atoms. The highest BCUT2D eigenvalue weighted by Gasteiger charge is 2.56. The number of hydrogen-bond acceptors (Lipinski definition) is 5. The molecule has 2 saturated heterocycles. The van der Waals surface area contributed by atoms with E-state index in [0.29, 0.717) is 39.3 Å². The Morgan fingerprint density at radius 2 is 1.22 bits per heavy atom. The minimum absolute atomic E-state index is 0.0118. The van der Waals surface area contributed by atoms with Crippen molar-refractivity contribution in [1.82, 2.24) is 4.90 Å². The second kappa shape index (κ2) is 11.8. The first-order valence-electron chi connectivity index (χ1n) is 12.6. The summed E-state index contributed by atoms with van der Waals surface area (Å²) in [7, 11) is 0. The lowest BCUT2D eigenvalue weighted by Gasteiger charge is -2.38. The number of carbonyl (C=O) groups is 1. The number of carbonyl (C=O) groups excluding carboxylic acids is 1. The molecule has 0 unspecified atom stereocenters. The van der Waals surface area contributed by atoms with Crippen molar-refractivity contribution in [2.45, 2.75) is 63.1 Å². The second-order valence-corrected chi connectivity index (χ2v) is 9.49. The summed E-state index contributed by atoms with van der Waals surface area (Å²) in [6, 6.07) is 29.0. The summed E-state index contributed by atoms with van der Waals surface area (Å²) in [6.07, 6.45) is -0.854. The predicted octanol–water partition coefficient (Wildman–Crippen LogP) is 4.11. The largest absolute Gasteiger partial charge is 0.391 e. The molecule has 0 radical (unpaired) electrons. The Morgan fingerprint density at radius 1 is 0.722 bits per heavy atom. The predicted molar refractivity (Wildman–Crippen MR) is 136 cm³/mol. The summed E-state index contributed by atoms with van der Waals surface area (Å²) in [6.45, 7) is 1.50. The molecule has 0 bridgehead atoms. The zero-order valence-corrected chi connectivity index (χ0v) is 20.3. The quantitative estimate of drug-likeness (QED) is 0.466. The fourth-order valence-electron chi connectivity index (χ4n) is 5.26. The van der Waals surface area contributed by atoms with E-state index in [1.54, 1.807) is 4.90 Å². The van der Waals surface area contributed by atoms with Crippen molar-refractivity contribution in [3.63, 3.8) is 0 Å². The number of nitrogens with zero attached hydrogens (tertiary/aromatic N) is 1. The first kappa shape index (κ1) is 24.7. The number of aliphatic hydroxyl groups excluding tert-OH is 1. The molecule has 0 saturated carbocycles. The molecular formula is C30H33NO5. The van der Waals surface area contributed by atoms with E-state index in [2.05, 4.69) is 0 Å². The van der Waals surface area contributed by atoms with Crippen LogP contribution in [0.5, 0.6) is 0 Å². The lowest BCUT2D eigenvalue weighted by Crippen LogP contribution is -2.54.